The number of benzene rings is 5. The molecular formula is C38H25N5. The summed E-state index contributed by atoms with van der Waals surface area (Å²) < 4.78 is 6.61. The average Bonchev–Trinajstić information content (AvgIpc) is 3.78. The minimum atomic E-state index is 0.962. The Hall–Kier alpha value is -5.94. The highest BCUT2D eigenvalue weighted by Crippen LogP contribution is 2.35. The predicted octanol–water partition coefficient (Wildman–Crippen LogP) is 9.13. The van der Waals surface area contributed by atoms with E-state index in [0.29, 0.717) is 0 Å². The molecule has 5 nitrogen and oxygen atoms in total. The van der Waals surface area contributed by atoms with Gasteiger partial charge in [0.05, 0.1) is 51.5 Å². The first kappa shape index (κ1) is 23.7. The molecule has 43 heavy (non-hydrogen) atoms. The largest absolute Gasteiger partial charge is 0.309 e. The van der Waals surface area contributed by atoms with Gasteiger partial charge in [-0.25, -0.2) is 4.68 Å². The van der Waals surface area contributed by atoms with Gasteiger partial charge in [0.25, 0.3) is 0 Å². The van der Waals surface area contributed by atoms with Crippen molar-refractivity contribution in [1.82, 2.24) is 23.9 Å². The van der Waals surface area contributed by atoms with Crippen LogP contribution < -0.4 is 0 Å². The van der Waals surface area contributed by atoms with Crippen LogP contribution >= 0.6 is 0 Å². The lowest BCUT2D eigenvalue weighted by Crippen LogP contribution is -1.99. The van der Waals surface area contributed by atoms with Crippen LogP contribution in [0, 0.1) is 0 Å². The van der Waals surface area contributed by atoms with Crippen molar-refractivity contribution in [2.75, 3.05) is 0 Å². The molecule has 0 saturated heterocycles. The highest BCUT2D eigenvalue weighted by molar-refractivity contribution is 6.10. The van der Waals surface area contributed by atoms with E-state index in [1.165, 1.54) is 38.1 Å². The quantitative estimate of drug-likeness (QED) is 0.219. The first-order valence-electron chi connectivity index (χ1n) is 14.4. The highest BCUT2D eigenvalue weighted by atomic mass is 15.3. The molecule has 0 atom stereocenters. The number of nitrogens with zero attached hydrogens (tertiary/aromatic N) is 5. The first-order chi connectivity index (χ1) is 21.3. The molecule has 4 aromatic heterocycles. The molecule has 0 saturated carbocycles. The summed E-state index contributed by atoms with van der Waals surface area (Å²) in [5.41, 5.74) is 9.82. The van der Waals surface area contributed by atoms with Crippen molar-refractivity contribution in [3.05, 3.63) is 152 Å². The van der Waals surface area contributed by atoms with Crippen LogP contribution in [0.5, 0.6) is 0 Å². The summed E-state index contributed by atoms with van der Waals surface area (Å²) in [5.74, 6) is 0. The molecule has 0 fully saturated rings. The van der Waals surface area contributed by atoms with Gasteiger partial charge >= 0.3 is 0 Å². The fraction of sp³-hybridized carbons (Fsp3) is 0. The molecule has 9 aromatic rings. The maximum Gasteiger partial charge on any atom is 0.0848 e. The van der Waals surface area contributed by atoms with Gasteiger partial charge in [-0.2, -0.15) is 5.10 Å². The molecule has 0 aliphatic heterocycles. The van der Waals surface area contributed by atoms with Gasteiger partial charge < -0.3 is 9.13 Å². The number of hydrogen-bond acceptors (Lipinski definition) is 2. The van der Waals surface area contributed by atoms with Gasteiger partial charge in [0, 0.05) is 39.0 Å². The van der Waals surface area contributed by atoms with Gasteiger partial charge in [-0.05, 0) is 54.6 Å². The topological polar surface area (TPSA) is 40.6 Å². The fourth-order valence-electron chi connectivity index (χ4n) is 6.49. The second-order valence-corrected chi connectivity index (χ2v) is 10.8. The summed E-state index contributed by atoms with van der Waals surface area (Å²) in [5, 5.41) is 9.76. The van der Waals surface area contributed by atoms with E-state index in [0.717, 1.165) is 33.8 Å². The normalized spacial score (nSPS) is 11.7. The maximum atomic E-state index is 4.84. The van der Waals surface area contributed by atoms with E-state index in [2.05, 4.69) is 142 Å². The monoisotopic (exact) mass is 551 g/mol. The van der Waals surface area contributed by atoms with Crippen molar-refractivity contribution in [3.63, 3.8) is 0 Å². The third-order valence-electron chi connectivity index (χ3n) is 8.39. The van der Waals surface area contributed by atoms with E-state index < -0.39 is 0 Å². The Morgan fingerprint density at radius 2 is 1.05 bits per heavy atom. The number of hydrogen-bond donors (Lipinski definition) is 0. The molecule has 0 N–H and O–H groups in total. The predicted molar refractivity (Wildman–Crippen MR) is 175 cm³/mol. The van der Waals surface area contributed by atoms with E-state index in [4.69, 9.17) is 5.10 Å². The Balaban J connectivity index is 1.20. The van der Waals surface area contributed by atoms with Crippen LogP contribution in [0.4, 0.5) is 0 Å². The van der Waals surface area contributed by atoms with Gasteiger partial charge in [0.1, 0.15) is 0 Å². The molecule has 0 aliphatic rings. The van der Waals surface area contributed by atoms with Gasteiger partial charge in [0.2, 0.25) is 0 Å². The van der Waals surface area contributed by atoms with Crippen LogP contribution in [0.15, 0.2) is 152 Å². The molecular weight excluding hydrogens is 526 g/mol. The second kappa shape index (κ2) is 9.29. The van der Waals surface area contributed by atoms with E-state index >= 15 is 0 Å². The summed E-state index contributed by atoms with van der Waals surface area (Å²) in [6.07, 6.45) is 5.91. The zero-order valence-corrected chi connectivity index (χ0v) is 23.2. The molecule has 0 unspecified atom stereocenters. The van der Waals surface area contributed by atoms with Crippen molar-refractivity contribution in [2.45, 2.75) is 0 Å². The lowest BCUT2D eigenvalue weighted by Gasteiger charge is -2.11. The Morgan fingerprint density at radius 3 is 1.72 bits per heavy atom. The SMILES string of the molecule is c1ccc(-c2ccc3c4ccccc4n(-c4cccc(-n5cc(-n6c7ccccc7c7ccccc76)cn5)c4)c3c2)nc1. The third kappa shape index (κ3) is 3.65. The third-order valence-corrected chi connectivity index (χ3v) is 8.39. The van der Waals surface area contributed by atoms with Gasteiger partial charge in [0.15, 0.2) is 0 Å². The van der Waals surface area contributed by atoms with Crippen LogP contribution in [-0.2, 0) is 0 Å². The lowest BCUT2D eigenvalue weighted by molar-refractivity contribution is 0.878. The van der Waals surface area contributed by atoms with Gasteiger partial charge in [-0.15, -0.1) is 0 Å². The molecule has 202 valence electrons. The van der Waals surface area contributed by atoms with Crippen LogP contribution in [-0.4, -0.2) is 23.9 Å². The van der Waals surface area contributed by atoms with E-state index in [1.54, 1.807) is 0 Å². The Morgan fingerprint density at radius 1 is 0.442 bits per heavy atom. The molecule has 0 spiro atoms. The Kier molecular flexibility index (Phi) is 5.13. The summed E-state index contributed by atoms with van der Waals surface area (Å²) >= 11 is 0. The molecule has 0 aliphatic carbocycles. The maximum absolute atomic E-state index is 4.84. The standard InChI is InChI=1S/C38H25N5/c1-5-17-36-30(12-1)31-13-2-6-18-37(31)43(36)29-24-40-41(25-29)27-10-9-11-28(23-27)42-35-16-4-3-14-32(35)33-20-19-26(22-38(33)42)34-15-7-8-21-39-34/h1-25H. The van der Waals surface area contributed by atoms with Crippen molar-refractivity contribution in [2.24, 2.45) is 0 Å². The summed E-state index contributed by atoms with van der Waals surface area (Å²) in [6, 6.07) is 47.0. The summed E-state index contributed by atoms with van der Waals surface area (Å²) in [7, 11) is 0. The van der Waals surface area contributed by atoms with Crippen LogP contribution in [0.1, 0.15) is 0 Å². The smallest absolute Gasteiger partial charge is 0.0848 e. The molecule has 5 heteroatoms. The minimum Gasteiger partial charge on any atom is -0.309 e. The van der Waals surface area contributed by atoms with Crippen molar-refractivity contribution < 1.29 is 0 Å². The highest BCUT2D eigenvalue weighted by Gasteiger charge is 2.16. The van der Waals surface area contributed by atoms with Crippen molar-refractivity contribution in [1.29, 1.82) is 0 Å². The summed E-state index contributed by atoms with van der Waals surface area (Å²) in [4.78, 5) is 4.60. The molecule has 5 aromatic carbocycles. The van der Waals surface area contributed by atoms with Crippen LogP contribution in [0.2, 0.25) is 0 Å². The van der Waals surface area contributed by atoms with Crippen molar-refractivity contribution in [3.8, 4) is 28.3 Å². The lowest BCUT2D eigenvalue weighted by atomic mass is 10.1. The molecule has 9 rings (SSSR count). The Bertz CT molecular complexity index is 2410. The Labute approximate surface area is 247 Å². The number of para-hydroxylation sites is 3. The van der Waals surface area contributed by atoms with E-state index in [-0.39, 0.29) is 0 Å². The first-order valence-corrected chi connectivity index (χ1v) is 14.4. The van der Waals surface area contributed by atoms with E-state index in [9.17, 15) is 0 Å². The average molecular weight is 552 g/mol. The number of aromatic nitrogens is 5. The zero-order valence-electron chi connectivity index (χ0n) is 23.2. The molecule has 0 amide bonds. The zero-order chi connectivity index (χ0) is 28.3. The van der Waals surface area contributed by atoms with Gasteiger partial charge in [-0.1, -0.05) is 78.9 Å². The fourth-order valence-corrected chi connectivity index (χ4v) is 6.49. The second-order valence-electron chi connectivity index (χ2n) is 10.8. The van der Waals surface area contributed by atoms with Crippen molar-refractivity contribution >= 4 is 43.6 Å². The molecule has 4 heterocycles. The minimum absolute atomic E-state index is 0.962. The summed E-state index contributed by atoms with van der Waals surface area (Å²) in [6.45, 7) is 0. The molecule has 0 radical (unpaired) electrons. The van der Waals surface area contributed by atoms with Crippen LogP contribution in [0.25, 0.3) is 71.9 Å². The number of fused-ring (bicyclic) bond motifs is 6. The van der Waals surface area contributed by atoms with Crippen LogP contribution in [0.3, 0.4) is 0 Å². The van der Waals surface area contributed by atoms with Gasteiger partial charge in [-0.3, -0.25) is 4.98 Å². The number of pyridine rings is 1. The van der Waals surface area contributed by atoms with E-state index in [1.807, 2.05) is 29.2 Å². The molecule has 0 bridgehead atoms. The number of rotatable bonds is 4.